The summed E-state index contributed by atoms with van der Waals surface area (Å²) in [6.07, 6.45) is 0.0649. The summed E-state index contributed by atoms with van der Waals surface area (Å²) in [6, 6.07) is 26.7. The van der Waals surface area contributed by atoms with E-state index in [0.29, 0.717) is 24.6 Å². The van der Waals surface area contributed by atoms with Crippen molar-refractivity contribution in [2.45, 2.75) is 18.9 Å². The largest absolute Gasteiger partial charge is 0.508 e. The van der Waals surface area contributed by atoms with Gasteiger partial charge in [-0.3, -0.25) is 4.79 Å². The Balaban J connectivity index is 1.39. The van der Waals surface area contributed by atoms with Gasteiger partial charge in [-0.25, -0.2) is 4.39 Å². The molecule has 1 unspecified atom stereocenters. The summed E-state index contributed by atoms with van der Waals surface area (Å²) in [5, 5.41) is 19.3. The number of aliphatic carboxylic acids is 1. The molecule has 0 bridgehead atoms. The number of hydrogen-bond acceptors (Lipinski definition) is 4. The highest BCUT2D eigenvalue weighted by atomic mass is 19.1. The Morgan fingerprint density at radius 3 is 2.43 bits per heavy atom. The average molecular weight is 470 g/mol. The number of ether oxygens (including phenoxy) is 1. The number of fused-ring (bicyclic) bond motifs is 1. The molecule has 1 aliphatic heterocycles. The number of carboxylic acid groups (broad SMARTS) is 1. The van der Waals surface area contributed by atoms with Crippen LogP contribution >= 0.6 is 0 Å². The third-order valence-corrected chi connectivity index (χ3v) is 6.18. The molecule has 35 heavy (non-hydrogen) atoms. The molecule has 5 rings (SSSR count). The summed E-state index contributed by atoms with van der Waals surface area (Å²) in [4.78, 5) is 13.7. The number of halogens is 1. The van der Waals surface area contributed by atoms with Crippen LogP contribution < -0.4 is 9.64 Å². The molecule has 4 aromatic rings. The van der Waals surface area contributed by atoms with Crippen LogP contribution in [0.25, 0.3) is 11.1 Å². The van der Waals surface area contributed by atoms with Crippen molar-refractivity contribution in [2.24, 2.45) is 0 Å². The zero-order valence-corrected chi connectivity index (χ0v) is 18.9. The molecular formula is C29H24FNO4. The van der Waals surface area contributed by atoms with Crippen LogP contribution in [0.15, 0.2) is 91.0 Å². The van der Waals surface area contributed by atoms with Crippen LogP contribution in [-0.4, -0.2) is 22.7 Å². The number of benzene rings is 4. The molecule has 0 spiro atoms. The van der Waals surface area contributed by atoms with Crippen LogP contribution in [0, 0.1) is 5.82 Å². The Hall–Kier alpha value is -4.32. The van der Waals surface area contributed by atoms with Crippen molar-refractivity contribution < 1.29 is 24.1 Å². The topological polar surface area (TPSA) is 70.0 Å². The van der Waals surface area contributed by atoms with Gasteiger partial charge in [0, 0.05) is 30.8 Å². The number of anilines is 1. The first-order chi connectivity index (χ1) is 16.9. The van der Waals surface area contributed by atoms with Crippen molar-refractivity contribution in [1.82, 2.24) is 0 Å². The van der Waals surface area contributed by atoms with Crippen LogP contribution in [0.1, 0.15) is 23.5 Å². The molecule has 5 nitrogen and oxygen atoms in total. The molecule has 1 atom stereocenters. The fraction of sp³-hybridized carbons (Fsp3) is 0.138. The van der Waals surface area contributed by atoms with Crippen molar-refractivity contribution in [3.63, 3.8) is 0 Å². The number of phenols is 1. The Bertz CT molecular complexity index is 1370. The number of hydrogen-bond donors (Lipinski definition) is 2. The van der Waals surface area contributed by atoms with Crippen molar-refractivity contribution in [3.05, 3.63) is 108 Å². The van der Waals surface area contributed by atoms with Crippen LogP contribution in [0.2, 0.25) is 0 Å². The summed E-state index contributed by atoms with van der Waals surface area (Å²) in [7, 11) is 0. The summed E-state index contributed by atoms with van der Waals surface area (Å²) in [5.41, 5.74) is 4.91. The quantitative estimate of drug-likeness (QED) is 0.320. The number of carboxylic acids is 1. The minimum atomic E-state index is -0.821. The summed E-state index contributed by atoms with van der Waals surface area (Å²) < 4.78 is 19.2. The van der Waals surface area contributed by atoms with E-state index in [9.17, 15) is 19.4 Å². The minimum Gasteiger partial charge on any atom is -0.508 e. The van der Waals surface area contributed by atoms with E-state index in [1.54, 1.807) is 30.3 Å². The van der Waals surface area contributed by atoms with Gasteiger partial charge in [-0.1, -0.05) is 42.5 Å². The van der Waals surface area contributed by atoms with Crippen LogP contribution in [0.3, 0.4) is 0 Å². The van der Waals surface area contributed by atoms with Gasteiger partial charge in [0.1, 0.15) is 23.1 Å². The van der Waals surface area contributed by atoms with Gasteiger partial charge in [0.15, 0.2) is 0 Å². The molecule has 0 amide bonds. The summed E-state index contributed by atoms with van der Waals surface area (Å²) >= 11 is 0. The number of rotatable bonds is 7. The van der Waals surface area contributed by atoms with E-state index < -0.39 is 5.97 Å². The molecule has 0 aromatic heterocycles. The van der Waals surface area contributed by atoms with E-state index in [4.69, 9.17) is 4.74 Å². The van der Waals surface area contributed by atoms with Gasteiger partial charge in [0.2, 0.25) is 0 Å². The predicted molar refractivity (Wildman–Crippen MR) is 133 cm³/mol. The predicted octanol–water partition coefficient (Wildman–Crippen LogP) is 6.57. The van der Waals surface area contributed by atoms with Gasteiger partial charge < -0.3 is 19.8 Å². The fourth-order valence-electron chi connectivity index (χ4n) is 4.58. The fourth-order valence-corrected chi connectivity index (χ4v) is 4.58. The van der Waals surface area contributed by atoms with Crippen molar-refractivity contribution >= 4 is 11.7 Å². The Morgan fingerprint density at radius 2 is 1.69 bits per heavy atom. The Morgan fingerprint density at radius 1 is 0.914 bits per heavy atom. The highest BCUT2D eigenvalue weighted by molar-refractivity contribution is 5.76. The highest BCUT2D eigenvalue weighted by Gasteiger charge is 2.30. The zero-order chi connectivity index (χ0) is 24.4. The van der Waals surface area contributed by atoms with E-state index in [0.717, 1.165) is 27.9 Å². The first-order valence-corrected chi connectivity index (χ1v) is 11.4. The van der Waals surface area contributed by atoms with Crippen LogP contribution in [-0.2, 0) is 11.3 Å². The van der Waals surface area contributed by atoms with Gasteiger partial charge in [-0.2, -0.15) is 0 Å². The van der Waals surface area contributed by atoms with Gasteiger partial charge >= 0.3 is 5.97 Å². The molecule has 0 fully saturated rings. The third-order valence-electron chi connectivity index (χ3n) is 6.18. The van der Waals surface area contributed by atoms with E-state index in [2.05, 4.69) is 11.0 Å². The molecule has 0 saturated carbocycles. The second-order valence-corrected chi connectivity index (χ2v) is 8.70. The normalized spacial score (nSPS) is 14.5. The lowest BCUT2D eigenvalue weighted by Gasteiger charge is -2.21. The number of nitrogens with zero attached hydrogens (tertiary/aromatic N) is 1. The molecular weight excluding hydrogens is 445 g/mol. The van der Waals surface area contributed by atoms with E-state index >= 15 is 0 Å². The third kappa shape index (κ3) is 5.11. The molecule has 0 aliphatic carbocycles. The highest BCUT2D eigenvalue weighted by Crippen LogP contribution is 2.41. The van der Waals surface area contributed by atoms with Crippen LogP contribution in [0.5, 0.6) is 17.2 Å². The number of carbonyl (C=O) groups is 1. The maximum atomic E-state index is 13.4. The monoisotopic (exact) mass is 469 g/mol. The summed E-state index contributed by atoms with van der Waals surface area (Å²) in [5.74, 6) is -0.0368. The molecule has 2 N–H and O–H groups in total. The van der Waals surface area contributed by atoms with E-state index in [1.807, 2.05) is 42.5 Å². The molecule has 4 aromatic carbocycles. The van der Waals surface area contributed by atoms with Gasteiger partial charge in [-0.05, 0) is 64.7 Å². The Labute approximate surface area is 202 Å². The average Bonchev–Trinajstić information content (AvgIpc) is 3.16. The number of aromatic hydroxyl groups is 1. The Kier molecular flexibility index (Phi) is 6.10. The van der Waals surface area contributed by atoms with Gasteiger partial charge in [0.25, 0.3) is 0 Å². The molecule has 0 saturated heterocycles. The smallest absolute Gasteiger partial charge is 0.304 e. The van der Waals surface area contributed by atoms with Gasteiger partial charge in [-0.15, -0.1) is 0 Å². The van der Waals surface area contributed by atoms with Crippen molar-refractivity contribution in [2.75, 3.05) is 11.4 Å². The first kappa shape index (κ1) is 22.5. The SMILES string of the molecule is O=C(O)CC1CN(Cc2ccc(Oc3cccc(F)c3)cc2)c2cc(-c3cccc(O)c3)ccc21. The molecule has 6 heteroatoms. The zero-order valence-electron chi connectivity index (χ0n) is 18.9. The second-order valence-electron chi connectivity index (χ2n) is 8.70. The maximum Gasteiger partial charge on any atom is 0.304 e. The van der Waals surface area contributed by atoms with Crippen LogP contribution in [0.4, 0.5) is 10.1 Å². The lowest BCUT2D eigenvalue weighted by molar-refractivity contribution is -0.137. The molecule has 0 radical (unpaired) electrons. The maximum absolute atomic E-state index is 13.4. The lowest BCUT2D eigenvalue weighted by Crippen LogP contribution is -2.22. The van der Waals surface area contributed by atoms with E-state index in [1.165, 1.54) is 12.1 Å². The summed E-state index contributed by atoms with van der Waals surface area (Å²) in [6.45, 7) is 1.21. The number of phenolic OH excluding ortho intramolecular Hbond substituents is 1. The van der Waals surface area contributed by atoms with Gasteiger partial charge in [0.05, 0.1) is 6.42 Å². The van der Waals surface area contributed by atoms with E-state index in [-0.39, 0.29) is 23.9 Å². The molecule has 1 aliphatic rings. The first-order valence-electron chi connectivity index (χ1n) is 11.4. The molecule has 176 valence electrons. The molecule has 1 heterocycles. The van der Waals surface area contributed by atoms with Crippen molar-refractivity contribution in [1.29, 1.82) is 0 Å². The standard InChI is InChI=1S/C29H24FNO4/c30-23-4-2-6-26(16-23)35-25-10-7-19(8-11-25)17-31-18-22(15-29(33)34)27-12-9-21(14-28(27)31)20-3-1-5-24(32)13-20/h1-14,16,22,32H,15,17-18H2,(H,33,34). The lowest BCUT2D eigenvalue weighted by atomic mass is 9.95. The van der Waals surface area contributed by atoms with Crippen molar-refractivity contribution in [3.8, 4) is 28.4 Å². The minimum absolute atomic E-state index is 0.0649. The second kappa shape index (κ2) is 9.50.